The van der Waals surface area contributed by atoms with Gasteiger partial charge in [-0.15, -0.1) is 0 Å². The molecule has 4 saturated carbocycles. The average molecular weight is 326 g/mol. The topological polar surface area (TPSA) is 41.1 Å². The molecule has 4 aliphatic rings. The summed E-state index contributed by atoms with van der Waals surface area (Å²) < 4.78 is 0. The zero-order chi connectivity index (χ0) is 16.4. The van der Waals surface area contributed by atoms with Gasteiger partial charge in [-0.05, 0) is 74.7 Å². The molecule has 3 nitrogen and oxygen atoms in total. The summed E-state index contributed by atoms with van der Waals surface area (Å²) in [6, 6.07) is 10.5. The van der Waals surface area contributed by atoms with Gasteiger partial charge >= 0.3 is 0 Å². The summed E-state index contributed by atoms with van der Waals surface area (Å²) in [5.41, 5.74) is 1.63. The van der Waals surface area contributed by atoms with Crippen LogP contribution in [-0.2, 0) is 11.2 Å². The van der Waals surface area contributed by atoms with Crippen molar-refractivity contribution in [2.24, 2.45) is 17.8 Å². The van der Waals surface area contributed by atoms with Crippen molar-refractivity contribution in [2.45, 2.75) is 56.9 Å². The molecule has 0 spiro atoms. The van der Waals surface area contributed by atoms with Gasteiger partial charge in [0.25, 0.3) is 0 Å². The lowest BCUT2D eigenvalue weighted by Crippen LogP contribution is -2.59. The Hall–Kier alpha value is -1.35. The van der Waals surface area contributed by atoms with Crippen LogP contribution in [0.15, 0.2) is 30.3 Å². The highest BCUT2D eigenvalue weighted by atomic mass is 16.1. The molecular formula is C21H30N2O. The lowest BCUT2D eigenvalue weighted by atomic mass is 9.53. The van der Waals surface area contributed by atoms with Gasteiger partial charge in [0.1, 0.15) is 0 Å². The molecule has 1 aromatic carbocycles. The second-order valence-corrected chi connectivity index (χ2v) is 8.49. The van der Waals surface area contributed by atoms with Gasteiger partial charge in [0.2, 0.25) is 5.91 Å². The van der Waals surface area contributed by atoms with E-state index in [-0.39, 0.29) is 11.4 Å². The van der Waals surface area contributed by atoms with E-state index in [1.54, 1.807) is 0 Å². The van der Waals surface area contributed by atoms with Crippen LogP contribution < -0.4 is 10.6 Å². The molecule has 0 aliphatic heterocycles. The SMILES string of the molecule is O=C(CNC12CC3CC(CC(C3)C1)C2)NCCCc1ccccc1. The van der Waals surface area contributed by atoms with E-state index in [2.05, 4.69) is 34.9 Å². The van der Waals surface area contributed by atoms with Gasteiger partial charge in [0, 0.05) is 12.1 Å². The Morgan fingerprint density at radius 2 is 1.62 bits per heavy atom. The summed E-state index contributed by atoms with van der Waals surface area (Å²) in [4.78, 5) is 12.2. The third-order valence-electron chi connectivity index (χ3n) is 6.47. The van der Waals surface area contributed by atoms with Crippen LogP contribution in [-0.4, -0.2) is 24.5 Å². The van der Waals surface area contributed by atoms with E-state index in [1.165, 1.54) is 44.1 Å². The predicted octanol–water partition coefficient (Wildman–Crippen LogP) is 3.29. The van der Waals surface area contributed by atoms with Crippen LogP contribution in [0.25, 0.3) is 0 Å². The fourth-order valence-corrected chi connectivity index (χ4v) is 5.82. The number of hydrogen-bond donors (Lipinski definition) is 2. The van der Waals surface area contributed by atoms with Crippen molar-refractivity contribution in [1.29, 1.82) is 0 Å². The van der Waals surface area contributed by atoms with Crippen LogP contribution in [0.5, 0.6) is 0 Å². The van der Waals surface area contributed by atoms with Crippen LogP contribution in [0.1, 0.15) is 50.5 Å². The molecule has 5 rings (SSSR count). The van der Waals surface area contributed by atoms with E-state index in [0.717, 1.165) is 37.1 Å². The van der Waals surface area contributed by atoms with Crippen LogP contribution in [0.2, 0.25) is 0 Å². The molecule has 0 saturated heterocycles. The molecule has 3 heteroatoms. The van der Waals surface area contributed by atoms with Crippen molar-refractivity contribution in [3.05, 3.63) is 35.9 Å². The van der Waals surface area contributed by atoms with Crippen molar-refractivity contribution in [2.75, 3.05) is 13.1 Å². The summed E-state index contributed by atoms with van der Waals surface area (Å²) in [5, 5.41) is 6.76. The molecule has 1 amide bonds. The third kappa shape index (κ3) is 3.66. The summed E-state index contributed by atoms with van der Waals surface area (Å²) in [6.45, 7) is 1.27. The maximum absolute atomic E-state index is 12.2. The first-order valence-corrected chi connectivity index (χ1v) is 9.76. The monoisotopic (exact) mass is 326 g/mol. The van der Waals surface area contributed by atoms with Crippen molar-refractivity contribution in [3.63, 3.8) is 0 Å². The minimum Gasteiger partial charge on any atom is -0.355 e. The number of carbonyl (C=O) groups excluding carboxylic acids is 1. The van der Waals surface area contributed by atoms with E-state index in [0.29, 0.717) is 6.54 Å². The fraction of sp³-hybridized carbons (Fsp3) is 0.667. The molecule has 0 heterocycles. The molecule has 0 radical (unpaired) electrons. The van der Waals surface area contributed by atoms with Crippen molar-refractivity contribution in [1.82, 2.24) is 10.6 Å². The smallest absolute Gasteiger partial charge is 0.233 e. The number of aryl methyl sites for hydroxylation is 1. The zero-order valence-corrected chi connectivity index (χ0v) is 14.6. The predicted molar refractivity (Wildman–Crippen MR) is 96.7 cm³/mol. The second kappa shape index (κ2) is 6.87. The van der Waals surface area contributed by atoms with Crippen molar-refractivity contribution >= 4 is 5.91 Å². The number of amides is 1. The third-order valence-corrected chi connectivity index (χ3v) is 6.47. The van der Waals surface area contributed by atoms with Gasteiger partial charge in [-0.3, -0.25) is 4.79 Å². The number of nitrogens with one attached hydrogen (secondary N) is 2. The molecular weight excluding hydrogens is 296 g/mol. The Morgan fingerprint density at radius 3 is 2.25 bits per heavy atom. The van der Waals surface area contributed by atoms with E-state index < -0.39 is 0 Å². The molecule has 2 N–H and O–H groups in total. The number of benzene rings is 1. The maximum Gasteiger partial charge on any atom is 0.233 e. The molecule has 4 bridgehead atoms. The van der Waals surface area contributed by atoms with E-state index in [1.807, 2.05) is 6.07 Å². The van der Waals surface area contributed by atoms with Crippen LogP contribution in [0.3, 0.4) is 0 Å². The highest BCUT2D eigenvalue weighted by Crippen LogP contribution is 2.55. The van der Waals surface area contributed by atoms with Crippen molar-refractivity contribution < 1.29 is 4.79 Å². The van der Waals surface area contributed by atoms with E-state index in [4.69, 9.17) is 0 Å². The molecule has 1 aromatic rings. The highest BCUT2D eigenvalue weighted by Gasteiger charge is 2.50. The lowest BCUT2D eigenvalue weighted by Gasteiger charge is -2.57. The first-order chi connectivity index (χ1) is 11.7. The second-order valence-electron chi connectivity index (χ2n) is 8.49. The Labute approximate surface area is 145 Å². The van der Waals surface area contributed by atoms with Crippen LogP contribution in [0.4, 0.5) is 0 Å². The molecule has 0 atom stereocenters. The van der Waals surface area contributed by atoms with Gasteiger partial charge in [-0.1, -0.05) is 30.3 Å². The standard InChI is InChI=1S/C21H30N2O/c24-20(22-8-4-7-16-5-2-1-3-6-16)15-23-21-12-17-9-18(13-21)11-19(10-17)14-21/h1-3,5-6,17-19,23H,4,7-15H2,(H,22,24). The van der Waals surface area contributed by atoms with Gasteiger partial charge in [0.05, 0.1) is 6.54 Å². The summed E-state index contributed by atoms with van der Waals surface area (Å²) >= 11 is 0. The minimum absolute atomic E-state index is 0.166. The normalized spacial score (nSPS) is 33.6. The molecule has 0 unspecified atom stereocenters. The minimum atomic E-state index is 0.166. The van der Waals surface area contributed by atoms with E-state index in [9.17, 15) is 4.79 Å². The number of rotatable bonds is 7. The van der Waals surface area contributed by atoms with Gasteiger partial charge in [-0.2, -0.15) is 0 Å². The van der Waals surface area contributed by atoms with E-state index >= 15 is 0 Å². The largest absolute Gasteiger partial charge is 0.355 e. The number of carbonyl (C=O) groups is 1. The Kier molecular flexibility index (Phi) is 4.62. The highest BCUT2D eigenvalue weighted by molar-refractivity contribution is 5.78. The van der Waals surface area contributed by atoms with Gasteiger partial charge in [-0.25, -0.2) is 0 Å². The Bertz CT molecular complexity index is 533. The summed E-state index contributed by atoms with van der Waals surface area (Å²) in [7, 11) is 0. The first-order valence-electron chi connectivity index (χ1n) is 9.76. The van der Waals surface area contributed by atoms with Gasteiger partial charge in [0.15, 0.2) is 0 Å². The molecule has 130 valence electrons. The quantitative estimate of drug-likeness (QED) is 0.755. The lowest BCUT2D eigenvalue weighted by molar-refractivity contribution is -0.121. The van der Waals surface area contributed by atoms with Crippen molar-refractivity contribution in [3.8, 4) is 0 Å². The summed E-state index contributed by atoms with van der Waals surface area (Å²) in [6.07, 6.45) is 10.3. The Morgan fingerprint density at radius 1 is 1.00 bits per heavy atom. The fourth-order valence-electron chi connectivity index (χ4n) is 5.82. The van der Waals surface area contributed by atoms with Gasteiger partial charge < -0.3 is 10.6 Å². The van der Waals surface area contributed by atoms with Crippen LogP contribution >= 0.6 is 0 Å². The average Bonchev–Trinajstić information content (AvgIpc) is 2.57. The Balaban J connectivity index is 1.17. The van der Waals surface area contributed by atoms with Crippen LogP contribution in [0, 0.1) is 17.8 Å². The molecule has 4 fully saturated rings. The maximum atomic E-state index is 12.2. The number of hydrogen-bond acceptors (Lipinski definition) is 2. The summed E-state index contributed by atoms with van der Waals surface area (Å²) in [5.74, 6) is 2.95. The molecule has 0 aromatic heterocycles. The first kappa shape index (κ1) is 16.1. The zero-order valence-electron chi connectivity index (χ0n) is 14.6. The molecule has 24 heavy (non-hydrogen) atoms. The molecule has 4 aliphatic carbocycles.